The van der Waals surface area contributed by atoms with E-state index in [1.807, 2.05) is 6.92 Å². The van der Waals surface area contributed by atoms with Gasteiger partial charge in [-0.05, 0) is 38.5 Å². The lowest BCUT2D eigenvalue weighted by molar-refractivity contribution is -0.0498. The van der Waals surface area contributed by atoms with Crippen molar-refractivity contribution in [1.82, 2.24) is 19.6 Å². The maximum atomic E-state index is 12.3. The Kier molecular flexibility index (Phi) is 4.73. The van der Waals surface area contributed by atoms with Crippen LogP contribution in [0.4, 0.5) is 14.6 Å². The Morgan fingerprint density at radius 3 is 2.54 bits per heavy atom. The average Bonchev–Trinajstić information content (AvgIpc) is 3.00. The van der Waals surface area contributed by atoms with E-state index in [0.29, 0.717) is 17.2 Å². The van der Waals surface area contributed by atoms with Crippen LogP contribution in [-0.2, 0) is 0 Å². The third kappa shape index (κ3) is 3.88. The van der Waals surface area contributed by atoms with Crippen molar-refractivity contribution in [2.75, 3.05) is 5.32 Å². The lowest BCUT2D eigenvalue weighted by Gasteiger charge is -2.31. The smallest absolute Gasteiger partial charge is 0.387 e. The van der Waals surface area contributed by atoms with Gasteiger partial charge in [0.2, 0.25) is 0 Å². The summed E-state index contributed by atoms with van der Waals surface area (Å²) in [6.07, 6.45) is 1.39. The highest BCUT2D eigenvalue weighted by molar-refractivity contribution is 5.47. The van der Waals surface area contributed by atoms with Gasteiger partial charge in [-0.15, -0.1) is 0 Å². The van der Waals surface area contributed by atoms with Crippen molar-refractivity contribution in [3.8, 4) is 5.75 Å². The summed E-state index contributed by atoms with van der Waals surface area (Å²) in [5.74, 6) is 1.09. The van der Waals surface area contributed by atoms with E-state index in [4.69, 9.17) is 0 Å². The van der Waals surface area contributed by atoms with E-state index in [9.17, 15) is 13.9 Å². The second kappa shape index (κ2) is 6.83. The van der Waals surface area contributed by atoms with Crippen LogP contribution < -0.4 is 10.1 Å². The number of aryl methyl sites for hydroxylation is 1. The number of anilines is 1. The van der Waals surface area contributed by atoms with Crippen molar-refractivity contribution in [2.24, 2.45) is 0 Å². The molecule has 0 saturated heterocycles. The Labute approximate surface area is 148 Å². The maximum absolute atomic E-state index is 12.3. The number of fused-ring (bicyclic) bond motifs is 1. The molecule has 1 aromatic carbocycles. The highest BCUT2D eigenvalue weighted by Crippen LogP contribution is 2.31. The van der Waals surface area contributed by atoms with Gasteiger partial charge in [0, 0.05) is 11.8 Å². The molecule has 2 heterocycles. The van der Waals surface area contributed by atoms with E-state index >= 15 is 0 Å². The van der Waals surface area contributed by atoms with Gasteiger partial charge >= 0.3 is 6.61 Å². The second-order valence-corrected chi connectivity index (χ2v) is 6.43. The first-order valence-electron chi connectivity index (χ1n) is 7.95. The fourth-order valence-electron chi connectivity index (χ4n) is 2.69. The van der Waals surface area contributed by atoms with Crippen LogP contribution in [-0.4, -0.2) is 36.9 Å². The van der Waals surface area contributed by atoms with Crippen LogP contribution in [0, 0.1) is 6.92 Å². The summed E-state index contributed by atoms with van der Waals surface area (Å²) in [5, 5.41) is 18.0. The molecular formula is C17H19F2N5O2. The number of nitrogens with one attached hydrogen (secondary N) is 1. The maximum Gasteiger partial charge on any atom is 0.387 e. The van der Waals surface area contributed by atoms with E-state index in [1.165, 1.54) is 23.0 Å². The Balaban J connectivity index is 1.95. The third-order valence-electron chi connectivity index (χ3n) is 3.82. The van der Waals surface area contributed by atoms with Crippen LogP contribution in [0.3, 0.4) is 0 Å². The number of nitrogens with zero attached hydrogens (tertiary/aromatic N) is 4. The number of hydrogen-bond donors (Lipinski definition) is 2. The zero-order valence-corrected chi connectivity index (χ0v) is 14.5. The molecule has 0 aliphatic heterocycles. The van der Waals surface area contributed by atoms with Crippen LogP contribution in [0.15, 0.2) is 36.7 Å². The van der Waals surface area contributed by atoms with Gasteiger partial charge in [-0.2, -0.15) is 23.4 Å². The molecule has 2 aromatic heterocycles. The zero-order valence-electron chi connectivity index (χ0n) is 14.5. The summed E-state index contributed by atoms with van der Waals surface area (Å²) in [4.78, 5) is 8.35. The molecule has 0 fully saturated rings. The first-order valence-corrected chi connectivity index (χ1v) is 7.95. The lowest BCUT2D eigenvalue weighted by atomic mass is 9.92. The molecule has 1 atom stereocenters. The molecule has 0 spiro atoms. The number of halogens is 2. The van der Waals surface area contributed by atoms with Gasteiger partial charge in [0.05, 0.1) is 11.6 Å². The molecule has 2 N–H and O–H groups in total. The Morgan fingerprint density at radius 1 is 1.23 bits per heavy atom. The number of alkyl halides is 2. The molecular weight excluding hydrogens is 344 g/mol. The van der Waals surface area contributed by atoms with Crippen molar-refractivity contribution in [2.45, 2.75) is 39.0 Å². The van der Waals surface area contributed by atoms with Gasteiger partial charge < -0.3 is 15.2 Å². The standard InChI is InChI=1S/C17H19F2N5O2/c1-10-8-13(24-16(22-10)20-9-21-24)23-14(17(2,3)25)11-4-6-12(7-5-11)26-15(18)19/h4-9,14-15,23,25H,1-3H3/t14-/m1/s1. The summed E-state index contributed by atoms with van der Waals surface area (Å²) in [6.45, 7) is 2.25. The molecule has 0 saturated carbocycles. The highest BCUT2D eigenvalue weighted by Gasteiger charge is 2.29. The monoisotopic (exact) mass is 363 g/mol. The molecule has 7 nitrogen and oxygen atoms in total. The number of aromatic nitrogens is 4. The molecule has 138 valence electrons. The third-order valence-corrected chi connectivity index (χ3v) is 3.82. The largest absolute Gasteiger partial charge is 0.435 e. The first kappa shape index (κ1) is 18.0. The van der Waals surface area contributed by atoms with Crippen molar-refractivity contribution < 1.29 is 18.6 Å². The van der Waals surface area contributed by atoms with Gasteiger partial charge in [-0.1, -0.05) is 12.1 Å². The van der Waals surface area contributed by atoms with Crippen molar-refractivity contribution in [3.05, 3.63) is 47.9 Å². The van der Waals surface area contributed by atoms with Gasteiger partial charge in [-0.25, -0.2) is 4.98 Å². The second-order valence-electron chi connectivity index (χ2n) is 6.43. The molecule has 3 rings (SSSR count). The quantitative estimate of drug-likeness (QED) is 0.700. The minimum Gasteiger partial charge on any atom is -0.435 e. The summed E-state index contributed by atoms with van der Waals surface area (Å²) < 4.78 is 30.5. The molecule has 3 aromatic rings. The van der Waals surface area contributed by atoms with Crippen LogP contribution in [0.1, 0.15) is 31.1 Å². The number of aliphatic hydroxyl groups is 1. The fraction of sp³-hybridized carbons (Fsp3) is 0.353. The van der Waals surface area contributed by atoms with E-state index < -0.39 is 18.3 Å². The molecule has 9 heteroatoms. The number of hydrogen-bond acceptors (Lipinski definition) is 6. The Morgan fingerprint density at radius 2 is 1.92 bits per heavy atom. The fourth-order valence-corrected chi connectivity index (χ4v) is 2.69. The van der Waals surface area contributed by atoms with Crippen LogP contribution in [0.2, 0.25) is 0 Å². The highest BCUT2D eigenvalue weighted by atomic mass is 19.3. The molecule has 0 unspecified atom stereocenters. The number of benzene rings is 1. The van der Waals surface area contributed by atoms with Gasteiger partial charge in [0.1, 0.15) is 17.9 Å². The molecule has 0 aliphatic rings. The Hall–Kier alpha value is -2.81. The normalized spacial score (nSPS) is 13.2. The molecule has 0 radical (unpaired) electrons. The number of rotatable bonds is 6. The van der Waals surface area contributed by atoms with Gasteiger partial charge in [0.25, 0.3) is 5.78 Å². The van der Waals surface area contributed by atoms with Crippen LogP contribution in [0.5, 0.6) is 5.75 Å². The predicted octanol–water partition coefficient (Wildman–Crippen LogP) is 2.96. The van der Waals surface area contributed by atoms with E-state index in [0.717, 1.165) is 5.69 Å². The summed E-state index contributed by atoms with van der Waals surface area (Å²) >= 11 is 0. The molecule has 0 bridgehead atoms. The zero-order chi connectivity index (χ0) is 18.9. The Bertz CT molecular complexity index is 890. The SMILES string of the molecule is Cc1cc(N[C@H](c2ccc(OC(F)F)cc2)C(C)(C)O)n2ncnc2n1. The van der Waals surface area contributed by atoms with Crippen molar-refractivity contribution in [3.63, 3.8) is 0 Å². The first-order chi connectivity index (χ1) is 12.2. The average molecular weight is 363 g/mol. The van der Waals surface area contributed by atoms with Crippen molar-refractivity contribution >= 4 is 11.6 Å². The lowest BCUT2D eigenvalue weighted by Crippen LogP contribution is -2.35. The van der Waals surface area contributed by atoms with Crippen molar-refractivity contribution in [1.29, 1.82) is 0 Å². The minimum absolute atomic E-state index is 0.0525. The minimum atomic E-state index is -2.88. The molecule has 0 amide bonds. The van der Waals surface area contributed by atoms with Gasteiger partial charge in [-0.3, -0.25) is 0 Å². The molecule has 0 aliphatic carbocycles. The van der Waals surface area contributed by atoms with Crippen LogP contribution in [0.25, 0.3) is 5.78 Å². The number of ether oxygens (including phenoxy) is 1. The predicted molar refractivity (Wildman–Crippen MR) is 91.3 cm³/mol. The van der Waals surface area contributed by atoms with E-state index in [1.54, 1.807) is 32.0 Å². The van der Waals surface area contributed by atoms with E-state index in [-0.39, 0.29) is 5.75 Å². The van der Waals surface area contributed by atoms with Gasteiger partial charge in [0.15, 0.2) is 0 Å². The molecule has 26 heavy (non-hydrogen) atoms. The van der Waals surface area contributed by atoms with Crippen LogP contribution >= 0.6 is 0 Å². The summed E-state index contributed by atoms with van der Waals surface area (Å²) in [5.41, 5.74) is 0.278. The topological polar surface area (TPSA) is 84.6 Å². The summed E-state index contributed by atoms with van der Waals surface area (Å²) in [6, 6.07) is 7.36. The summed E-state index contributed by atoms with van der Waals surface area (Å²) in [7, 11) is 0. The van der Waals surface area contributed by atoms with E-state index in [2.05, 4.69) is 25.1 Å².